The molecule has 2 aromatic heterocycles. The Balaban J connectivity index is 0.00000324. The molecule has 0 unspecified atom stereocenters. The number of aryl methyl sites for hydroxylation is 1. The van der Waals surface area contributed by atoms with Crippen LogP contribution < -0.4 is 34.7 Å². The van der Waals surface area contributed by atoms with Crippen molar-refractivity contribution >= 4 is 40.1 Å². The van der Waals surface area contributed by atoms with E-state index in [0.717, 1.165) is 36.0 Å². The molecule has 2 aromatic carbocycles. The summed E-state index contributed by atoms with van der Waals surface area (Å²) in [6.07, 6.45) is 2.77. The third kappa shape index (κ3) is 5.48. The van der Waals surface area contributed by atoms with Gasteiger partial charge in [-0.05, 0) is 30.2 Å². The second-order valence-electron chi connectivity index (χ2n) is 7.79. The van der Waals surface area contributed by atoms with Gasteiger partial charge in [-0.25, -0.2) is 9.97 Å². The Bertz CT molecular complexity index is 1340. The number of aliphatic hydroxyl groups is 1. The number of hydrogen-bond donors (Lipinski definition) is 1. The largest absolute Gasteiger partial charge is 1.00 e. The van der Waals surface area contributed by atoms with Gasteiger partial charge in [0.1, 0.15) is 5.82 Å². The minimum absolute atomic E-state index is 0. The zero-order chi connectivity index (χ0) is 23.5. The molecule has 34 heavy (non-hydrogen) atoms. The number of unbranched alkanes of at least 4 members (excludes halogenated alkanes) is 1. The number of imidazole rings is 1. The quantitative estimate of drug-likeness (QED) is 0.367. The second kappa shape index (κ2) is 11.7. The van der Waals surface area contributed by atoms with Crippen molar-refractivity contribution in [3.05, 3.63) is 81.4 Å². The monoisotopic (exact) mass is 505 g/mol. The summed E-state index contributed by atoms with van der Waals surface area (Å²) in [5, 5.41) is 22.8. The Hall–Kier alpha value is -1.93. The van der Waals surface area contributed by atoms with E-state index in [0.29, 0.717) is 39.2 Å². The van der Waals surface area contributed by atoms with Gasteiger partial charge in [-0.3, -0.25) is 0 Å². The number of hydrogen-bond acceptors (Lipinski definition) is 5. The third-order valence-corrected chi connectivity index (χ3v) is 6.21. The van der Waals surface area contributed by atoms with Gasteiger partial charge in [-0.15, -0.1) is 0 Å². The first-order valence-corrected chi connectivity index (χ1v) is 11.4. The van der Waals surface area contributed by atoms with Gasteiger partial charge in [0.15, 0.2) is 5.15 Å². The molecular weight excluding hydrogens is 484 g/mol. The van der Waals surface area contributed by atoms with Gasteiger partial charge in [0, 0.05) is 29.5 Å². The fourth-order valence-electron chi connectivity index (χ4n) is 3.90. The summed E-state index contributed by atoms with van der Waals surface area (Å²) in [5.74, 6) is -0.430. The predicted octanol–water partition coefficient (Wildman–Crippen LogP) is 1.66. The first kappa shape index (κ1) is 26.7. The van der Waals surface area contributed by atoms with Crippen LogP contribution in [0.3, 0.4) is 0 Å². The van der Waals surface area contributed by atoms with E-state index in [1.807, 2.05) is 22.8 Å². The summed E-state index contributed by atoms with van der Waals surface area (Å²) in [4.78, 5) is 20.6. The number of carboxylic acid groups (broad SMARTS) is 1. The molecule has 0 spiro atoms. The Morgan fingerprint density at radius 3 is 2.59 bits per heavy atom. The Morgan fingerprint density at radius 2 is 1.88 bits per heavy atom. The fourth-order valence-corrected chi connectivity index (χ4v) is 4.42. The van der Waals surface area contributed by atoms with E-state index in [-0.39, 0.29) is 41.7 Å². The Kier molecular flexibility index (Phi) is 9.15. The fraction of sp³-hybridized carbons (Fsp3) is 0.240. The van der Waals surface area contributed by atoms with E-state index in [4.69, 9.17) is 23.2 Å². The van der Waals surface area contributed by atoms with Gasteiger partial charge < -0.3 is 19.6 Å². The maximum absolute atomic E-state index is 11.5. The zero-order valence-corrected chi connectivity index (χ0v) is 22.5. The average molecular weight is 506 g/mol. The SMILES string of the molecule is CCCCc1nc(Cl)c(CO)n1Cc1ccc2nc(-c3ccccc3C(=O)[O-])cc(Cl)c2c1.[Na+]. The molecule has 4 aromatic rings. The van der Waals surface area contributed by atoms with E-state index in [9.17, 15) is 15.0 Å². The van der Waals surface area contributed by atoms with Crippen molar-refractivity contribution in [2.75, 3.05) is 0 Å². The zero-order valence-electron chi connectivity index (χ0n) is 19.0. The molecule has 0 amide bonds. The van der Waals surface area contributed by atoms with Crippen molar-refractivity contribution < 1.29 is 44.6 Å². The van der Waals surface area contributed by atoms with Crippen molar-refractivity contribution in [3.8, 4) is 11.3 Å². The van der Waals surface area contributed by atoms with Crippen molar-refractivity contribution in [2.45, 2.75) is 39.3 Å². The maximum Gasteiger partial charge on any atom is 1.00 e. The number of carbonyl (C=O) groups excluding carboxylic acids is 1. The third-order valence-electron chi connectivity index (χ3n) is 5.59. The number of halogens is 2. The summed E-state index contributed by atoms with van der Waals surface area (Å²) in [5.41, 5.74) is 3.16. The molecule has 0 bridgehead atoms. The molecule has 170 valence electrons. The molecule has 0 aliphatic heterocycles. The molecule has 4 rings (SSSR count). The molecule has 0 fully saturated rings. The number of nitrogens with zero attached hydrogens (tertiary/aromatic N) is 3. The molecule has 6 nitrogen and oxygen atoms in total. The van der Waals surface area contributed by atoms with Crippen LogP contribution in [-0.2, 0) is 19.6 Å². The standard InChI is InChI=1S/C25H23Cl2N3O3.Na/c1-2-3-8-23-29-24(27)22(14-31)30(23)13-15-9-10-20-18(11-15)19(26)12-21(28-20)16-6-4-5-7-17(16)25(32)33;/h4-7,9-12,31H,2-3,8,13-14H2,1H3,(H,32,33);/q;+1/p-1. The van der Waals surface area contributed by atoms with Crippen LogP contribution in [0, 0.1) is 0 Å². The van der Waals surface area contributed by atoms with Crippen molar-refractivity contribution in [1.29, 1.82) is 0 Å². The first-order chi connectivity index (χ1) is 15.9. The second-order valence-corrected chi connectivity index (χ2v) is 8.55. The summed E-state index contributed by atoms with van der Waals surface area (Å²) in [7, 11) is 0. The number of carboxylic acids is 1. The molecule has 9 heteroatoms. The van der Waals surface area contributed by atoms with E-state index in [2.05, 4.69) is 16.9 Å². The number of benzene rings is 2. The number of pyridine rings is 1. The Labute approximate surface area is 229 Å². The molecule has 0 radical (unpaired) electrons. The first-order valence-electron chi connectivity index (χ1n) is 10.7. The van der Waals surface area contributed by atoms with Crippen LogP contribution in [0.25, 0.3) is 22.2 Å². The number of aliphatic hydroxyl groups excluding tert-OH is 1. The molecule has 0 saturated heterocycles. The summed E-state index contributed by atoms with van der Waals surface area (Å²) < 4.78 is 1.95. The number of carbonyl (C=O) groups is 1. The number of aromatic nitrogens is 3. The van der Waals surface area contributed by atoms with Crippen LogP contribution in [0.1, 0.15) is 47.2 Å². The normalized spacial score (nSPS) is 10.9. The van der Waals surface area contributed by atoms with Crippen LogP contribution in [0.2, 0.25) is 10.2 Å². The van der Waals surface area contributed by atoms with Gasteiger partial charge in [0.25, 0.3) is 0 Å². The average Bonchev–Trinajstić information content (AvgIpc) is 3.11. The van der Waals surface area contributed by atoms with Gasteiger partial charge in [0.2, 0.25) is 0 Å². The van der Waals surface area contributed by atoms with Crippen molar-refractivity contribution in [3.63, 3.8) is 0 Å². The van der Waals surface area contributed by atoms with Crippen LogP contribution in [0.4, 0.5) is 0 Å². The van der Waals surface area contributed by atoms with E-state index in [1.165, 1.54) is 6.07 Å². The molecule has 1 N–H and O–H groups in total. The molecule has 0 aliphatic rings. The molecule has 0 atom stereocenters. The van der Waals surface area contributed by atoms with E-state index >= 15 is 0 Å². The van der Waals surface area contributed by atoms with Crippen LogP contribution in [0.5, 0.6) is 0 Å². The molecular formula is C25H22Cl2N3NaO3. The van der Waals surface area contributed by atoms with Crippen LogP contribution >= 0.6 is 23.2 Å². The molecule has 0 saturated carbocycles. The maximum atomic E-state index is 11.5. The van der Waals surface area contributed by atoms with Crippen molar-refractivity contribution in [2.24, 2.45) is 0 Å². The van der Waals surface area contributed by atoms with E-state index < -0.39 is 5.97 Å². The number of aromatic carboxylic acids is 1. The number of rotatable bonds is 8. The topological polar surface area (TPSA) is 91.1 Å². The smallest absolute Gasteiger partial charge is 0.545 e. The summed E-state index contributed by atoms with van der Waals surface area (Å²) >= 11 is 12.9. The van der Waals surface area contributed by atoms with Gasteiger partial charge in [0.05, 0.1) is 34.5 Å². The van der Waals surface area contributed by atoms with Gasteiger partial charge in [-0.2, -0.15) is 0 Å². The summed E-state index contributed by atoms with van der Waals surface area (Å²) in [6, 6.07) is 13.9. The van der Waals surface area contributed by atoms with Crippen LogP contribution in [-0.4, -0.2) is 25.6 Å². The van der Waals surface area contributed by atoms with Gasteiger partial charge in [-0.1, -0.05) is 66.9 Å². The van der Waals surface area contributed by atoms with E-state index in [1.54, 1.807) is 24.3 Å². The van der Waals surface area contributed by atoms with Crippen molar-refractivity contribution in [1.82, 2.24) is 14.5 Å². The Morgan fingerprint density at radius 1 is 1.12 bits per heavy atom. The minimum Gasteiger partial charge on any atom is -0.545 e. The van der Waals surface area contributed by atoms with Gasteiger partial charge >= 0.3 is 29.6 Å². The molecule has 2 heterocycles. The summed E-state index contributed by atoms with van der Waals surface area (Å²) in [6.45, 7) is 2.39. The minimum atomic E-state index is -1.27. The molecule has 0 aliphatic carbocycles. The predicted molar refractivity (Wildman–Crippen MR) is 127 cm³/mol. The number of fused-ring (bicyclic) bond motifs is 1. The van der Waals surface area contributed by atoms with Crippen LogP contribution in [0.15, 0.2) is 48.5 Å².